The van der Waals surface area contributed by atoms with Gasteiger partial charge < -0.3 is 10.2 Å². The van der Waals surface area contributed by atoms with Gasteiger partial charge in [-0.15, -0.1) is 0 Å². The van der Waals surface area contributed by atoms with Gasteiger partial charge in [0.05, 0.1) is 0 Å². The molecule has 0 saturated carbocycles. The van der Waals surface area contributed by atoms with E-state index in [1.165, 1.54) is 17.1 Å². The van der Waals surface area contributed by atoms with Crippen LogP contribution in [0.5, 0.6) is 0 Å². The molecule has 0 aromatic carbocycles. The molecule has 2 atom stereocenters. The fourth-order valence-electron chi connectivity index (χ4n) is 2.16. The van der Waals surface area contributed by atoms with E-state index in [1.807, 2.05) is 19.1 Å². The number of rotatable bonds is 3. The summed E-state index contributed by atoms with van der Waals surface area (Å²) in [4.78, 5) is 2.33. The summed E-state index contributed by atoms with van der Waals surface area (Å²) >= 11 is 0. The summed E-state index contributed by atoms with van der Waals surface area (Å²) in [6, 6.07) is 0. The number of allylic oxidation sites excluding steroid dienone is 6. The summed E-state index contributed by atoms with van der Waals surface area (Å²) in [6.07, 6.45) is 8.46. The molecule has 1 aliphatic heterocycles. The Morgan fingerprint density at radius 2 is 2.20 bits per heavy atom. The van der Waals surface area contributed by atoms with E-state index in [2.05, 4.69) is 42.8 Å². The minimum Gasteiger partial charge on any atom is -0.367 e. The van der Waals surface area contributed by atoms with Crippen LogP contribution in [0.3, 0.4) is 0 Å². The molecule has 1 N–H and O–H groups in total. The van der Waals surface area contributed by atoms with E-state index in [4.69, 9.17) is 0 Å². The van der Waals surface area contributed by atoms with Crippen LogP contribution in [0.1, 0.15) is 20.8 Å². The standard InChI is InChI=1S/C13H18N2/c1-5-7-8-11(6-2)15-10(4)14-12-9(3)13(12)15/h5-10,14H,2H2,1,3-4H3/b7-5-,11-8+. The largest absolute Gasteiger partial charge is 0.367 e. The highest BCUT2D eigenvalue weighted by molar-refractivity contribution is 5.46. The first-order valence-electron chi connectivity index (χ1n) is 5.46. The van der Waals surface area contributed by atoms with E-state index >= 15 is 0 Å². The summed E-state index contributed by atoms with van der Waals surface area (Å²) in [5.74, 6) is 0.607. The zero-order valence-electron chi connectivity index (χ0n) is 9.62. The van der Waals surface area contributed by atoms with Crippen molar-refractivity contribution in [1.82, 2.24) is 10.2 Å². The minimum absolute atomic E-state index is 0.362. The van der Waals surface area contributed by atoms with Crippen LogP contribution < -0.4 is 5.32 Å². The molecule has 0 saturated heterocycles. The van der Waals surface area contributed by atoms with E-state index in [0.29, 0.717) is 12.1 Å². The maximum Gasteiger partial charge on any atom is 0.100 e. The maximum absolute atomic E-state index is 3.88. The van der Waals surface area contributed by atoms with Crippen LogP contribution in [-0.4, -0.2) is 11.1 Å². The number of hydrogen-bond acceptors (Lipinski definition) is 2. The SMILES string of the molecule is C=C/C(=C\C=C/C)N1C2=C(NC1C)C2C. The zero-order valence-corrected chi connectivity index (χ0v) is 9.62. The van der Waals surface area contributed by atoms with Crippen molar-refractivity contribution in [2.24, 2.45) is 5.92 Å². The van der Waals surface area contributed by atoms with Crippen LogP contribution in [0.4, 0.5) is 0 Å². The monoisotopic (exact) mass is 202 g/mol. The highest BCUT2D eigenvalue weighted by Gasteiger charge is 2.45. The van der Waals surface area contributed by atoms with Gasteiger partial charge in [-0.25, -0.2) is 0 Å². The van der Waals surface area contributed by atoms with Crippen LogP contribution >= 0.6 is 0 Å². The van der Waals surface area contributed by atoms with Gasteiger partial charge in [0.15, 0.2) is 0 Å². The lowest BCUT2D eigenvalue weighted by atomic mass is 10.2. The quantitative estimate of drug-likeness (QED) is 0.708. The summed E-state index contributed by atoms with van der Waals surface area (Å²) in [7, 11) is 0. The molecule has 1 aliphatic carbocycles. The smallest absolute Gasteiger partial charge is 0.100 e. The van der Waals surface area contributed by atoms with Crippen LogP contribution in [-0.2, 0) is 0 Å². The molecule has 2 heteroatoms. The molecule has 0 fully saturated rings. The third kappa shape index (κ3) is 1.50. The van der Waals surface area contributed by atoms with Gasteiger partial charge in [0.1, 0.15) is 6.17 Å². The Hall–Kier alpha value is -1.44. The molecule has 80 valence electrons. The van der Waals surface area contributed by atoms with Gasteiger partial charge in [-0.05, 0) is 26.0 Å². The maximum atomic E-state index is 3.88. The van der Waals surface area contributed by atoms with Crippen LogP contribution in [0.25, 0.3) is 0 Å². The lowest BCUT2D eigenvalue weighted by Gasteiger charge is -2.29. The third-order valence-corrected chi connectivity index (χ3v) is 2.99. The first-order valence-corrected chi connectivity index (χ1v) is 5.46. The Morgan fingerprint density at radius 3 is 2.73 bits per heavy atom. The van der Waals surface area contributed by atoms with Gasteiger partial charge in [0.25, 0.3) is 0 Å². The second-order valence-corrected chi connectivity index (χ2v) is 4.03. The molecule has 15 heavy (non-hydrogen) atoms. The van der Waals surface area contributed by atoms with E-state index in [0.717, 1.165) is 0 Å². The van der Waals surface area contributed by atoms with E-state index < -0.39 is 0 Å². The normalized spacial score (nSPS) is 29.5. The van der Waals surface area contributed by atoms with Gasteiger partial charge >= 0.3 is 0 Å². The Kier molecular flexibility index (Phi) is 2.43. The highest BCUT2D eigenvalue weighted by atomic mass is 15.4. The molecule has 1 heterocycles. The molecule has 2 rings (SSSR count). The van der Waals surface area contributed by atoms with Crippen molar-refractivity contribution in [3.63, 3.8) is 0 Å². The molecule has 0 aromatic rings. The summed E-state index contributed by atoms with van der Waals surface area (Å²) < 4.78 is 0. The Morgan fingerprint density at radius 1 is 1.47 bits per heavy atom. The van der Waals surface area contributed by atoms with Gasteiger partial charge in [-0.2, -0.15) is 0 Å². The average Bonchev–Trinajstić information content (AvgIpc) is 2.69. The van der Waals surface area contributed by atoms with Crippen LogP contribution in [0.15, 0.2) is 48.0 Å². The molecule has 0 amide bonds. The van der Waals surface area contributed by atoms with Gasteiger partial charge in [0, 0.05) is 23.0 Å². The van der Waals surface area contributed by atoms with Crippen molar-refractivity contribution in [2.75, 3.05) is 0 Å². The topological polar surface area (TPSA) is 15.3 Å². The molecule has 0 bridgehead atoms. The molecular weight excluding hydrogens is 184 g/mol. The molecule has 2 unspecified atom stereocenters. The summed E-state index contributed by atoms with van der Waals surface area (Å²) in [5, 5.41) is 3.47. The number of nitrogens with zero attached hydrogens (tertiary/aromatic N) is 1. The minimum atomic E-state index is 0.362. The first-order chi connectivity index (χ1) is 7.20. The zero-order chi connectivity index (χ0) is 11.0. The Balaban J connectivity index is 2.22. The van der Waals surface area contributed by atoms with Crippen molar-refractivity contribution in [3.05, 3.63) is 48.0 Å². The van der Waals surface area contributed by atoms with E-state index in [-0.39, 0.29) is 0 Å². The predicted molar refractivity (Wildman–Crippen MR) is 63.7 cm³/mol. The Labute approximate surface area is 91.7 Å². The van der Waals surface area contributed by atoms with Crippen molar-refractivity contribution < 1.29 is 0 Å². The molecule has 0 spiro atoms. The summed E-state index contributed by atoms with van der Waals surface area (Å²) in [5.41, 5.74) is 4.00. The van der Waals surface area contributed by atoms with Gasteiger partial charge in [0.2, 0.25) is 0 Å². The van der Waals surface area contributed by atoms with E-state index in [1.54, 1.807) is 0 Å². The second kappa shape index (κ2) is 3.61. The molecule has 0 aromatic heterocycles. The number of hydrogen-bond donors (Lipinski definition) is 1. The highest BCUT2D eigenvalue weighted by Crippen LogP contribution is 2.46. The first kappa shape index (κ1) is 10.1. The molecule has 2 nitrogen and oxygen atoms in total. The number of nitrogens with one attached hydrogen (secondary N) is 1. The summed E-state index contributed by atoms with van der Waals surface area (Å²) in [6.45, 7) is 10.3. The fraction of sp³-hybridized carbons (Fsp3) is 0.385. The molecular formula is C13H18N2. The Bertz CT molecular complexity index is 374. The molecule has 2 aliphatic rings. The van der Waals surface area contributed by atoms with Gasteiger partial charge in [-0.1, -0.05) is 25.7 Å². The third-order valence-electron chi connectivity index (χ3n) is 2.99. The van der Waals surface area contributed by atoms with Crippen molar-refractivity contribution >= 4 is 0 Å². The van der Waals surface area contributed by atoms with E-state index in [9.17, 15) is 0 Å². The fourth-order valence-corrected chi connectivity index (χ4v) is 2.16. The van der Waals surface area contributed by atoms with Crippen LogP contribution in [0.2, 0.25) is 0 Å². The van der Waals surface area contributed by atoms with Gasteiger partial charge in [-0.3, -0.25) is 0 Å². The van der Waals surface area contributed by atoms with Crippen LogP contribution in [0, 0.1) is 5.92 Å². The predicted octanol–water partition coefficient (Wildman–Crippen LogP) is 2.74. The lowest BCUT2D eigenvalue weighted by Crippen LogP contribution is -2.37. The van der Waals surface area contributed by atoms with Crippen molar-refractivity contribution in [2.45, 2.75) is 26.9 Å². The lowest BCUT2D eigenvalue weighted by molar-refractivity contribution is 0.317. The van der Waals surface area contributed by atoms with Crippen molar-refractivity contribution in [1.29, 1.82) is 0 Å². The second-order valence-electron chi connectivity index (χ2n) is 4.03. The molecule has 0 radical (unpaired) electrons. The average molecular weight is 202 g/mol. The van der Waals surface area contributed by atoms with Crippen molar-refractivity contribution in [3.8, 4) is 0 Å².